The summed E-state index contributed by atoms with van der Waals surface area (Å²) in [5.41, 5.74) is 5.91. The van der Waals surface area contributed by atoms with E-state index in [0.29, 0.717) is 0 Å². The van der Waals surface area contributed by atoms with Gasteiger partial charge in [0.15, 0.2) is 0 Å². The molecule has 1 radical (unpaired) electrons. The molecule has 4 aromatic rings. The second-order valence-electron chi connectivity index (χ2n) is 5.55. The molecule has 0 aliphatic heterocycles. The van der Waals surface area contributed by atoms with Crippen molar-refractivity contribution < 1.29 is 19.5 Å². The van der Waals surface area contributed by atoms with Gasteiger partial charge < -0.3 is 0 Å². The fourth-order valence-corrected chi connectivity index (χ4v) is 2.74. The van der Waals surface area contributed by atoms with Crippen LogP contribution >= 0.6 is 0 Å². The van der Waals surface area contributed by atoms with Crippen LogP contribution in [0.15, 0.2) is 97.2 Å². The van der Waals surface area contributed by atoms with Crippen LogP contribution < -0.4 is 0 Å². The van der Waals surface area contributed by atoms with Gasteiger partial charge in [-0.05, 0) is 0 Å². The van der Waals surface area contributed by atoms with Gasteiger partial charge in [0.25, 0.3) is 0 Å². The van der Waals surface area contributed by atoms with E-state index in [4.69, 9.17) is 9.97 Å². The fourth-order valence-electron chi connectivity index (χ4n) is 2.74. The normalized spacial score (nSPS) is 10.1. The Bertz CT molecular complexity index is 939. The fraction of sp³-hybridized carbons (Fsp3) is 0. The minimum Gasteiger partial charge on any atom is -0.252 e. The Morgan fingerprint density at radius 3 is 1.44 bits per heavy atom. The third kappa shape index (κ3) is 3.73. The molecule has 0 fully saturated rings. The summed E-state index contributed by atoms with van der Waals surface area (Å²) in [4.78, 5) is 9.67. The number of hydrogen-bond acceptors (Lipinski definition) is 2. The van der Waals surface area contributed by atoms with Crippen molar-refractivity contribution >= 4 is 0 Å². The van der Waals surface area contributed by atoms with Gasteiger partial charge in [0, 0.05) is 16.7 Å². The van der Waals surface area contributed by atoms with E-state index >= 15 is 0 Å². The van der Waals surface area contributed by atoms with Gasteiger partial charge in [-0.25, -0.2) is 4.98 Å². The second-order valence-corrected chi connectivity index (χ2v) is 5.55. The van der Waals surface area contributed by atoms with Crippen molar-refractivity contribution in [2.24, 2.45) is 0 Å². The van der Waals surface area contributed by atoms with Crippen LogP contribution in [0.2, 0.25) is 0 Å². The SMILES string of the molecule is [Ru+3].c1ccc(-c2cnc(-c3ccccc3)c(-c3ccccc3)n2)cc1. The van der Waals surface area contributed by atoms with E-state index in [1.165, 1.54) is 0 Å². The van der Waals surface area contributed by atoms with E-state index in [-0.39, 0.29) is 19.5 Å². The Hall–Kier alpha value is -2.64. The summed E-state index contributed by atoms with van der Waals surface area (Å²) in [6, 6.07) is 30.6. The number of hydrogen-bond donors (Lipinski definition) is 0. The van der Waals surface area contributed by atoms with Gasteiger partial charge in [0.1, 0.15) is 0 Å². The Kier molecular flexibility index (Phi) is 5.47. The van der Waals surface area contributed by atoms with Crippen LogP contribution in [-0.2, 0) is 19.5 Å². The van der Waals surface area contributed by atoms with Gasteiger partial charge in [-0.15, -0.1) is 0 Å². The molecule has 1 aromatic heterocycles. The Labute approximate surface area is 160 Å². The third-order valence-electron chi connectivity index (χ3n) is 3.94. The first kappa shape index (κ1) is 17.2. The average molecular weight is 409 g/mol. The van der Waals surface area contributed by atoms with E-state index in [9.17, 15) is 0 Å². The van der Waals surface area contributed by atoms with E-state index in [0.717, 1.165) is 33.8 Å². The van der Waals surface area contributed by atoms with Gasteiger partial charge in [0.2, 0.25) is 0 Å². The number of nitrogens with zero attached hydrogens (tertiary/aromatic N) is 2. The molecule has 0 saturated carbocycles. The molecule has 0 amide bonds. The van der Waals surface area contributed by atoms with E-state index in [1.807, 2.05) is 60.8 Å². The Morgan fingerprint density at radius 1 is 0.480 bits per heavy atom. The summed E-state index contributed by atoms with van der Waals surface area (Å²) in [6.07, 6.45) is 1.85. The molecule has 25 heavy (non-hydrogen) atoms. The van der Waals surface area contributed by atoms with Crippen LogP contribution in [0.5, 0.6) is 0 Å². The molecule has 3 heteroatoms. The zero-order valence-corrected chi connectivity index (χ0v) is 15.2. The molecule has 1 heterocycles. The smallest absolute Gasteiger partial charge is 0.252 e. The Balaban J connectivity index is 0.00000182. The van der Waals surface area contributed by atoms with Crippen molar-refractivity contribution in [3.63, 3.8) is 0 Å². The van der Waals surface area contributed by atoms with Crippen LogP contribution in [0.25, 0.3) is 33.8 Å². The molecule has 0 N–H and O–H groups in total. The quantitative estimate of drug-likeness (QED) is 0.419. The van der Waals surface area contributed by atoms with Gasteiger partial charge in [-0.1, -0.05) is 91.0 Å². The first-order valence-electron chi connectivity index (χ1n) is 7.95. The minimum absolute atomic E-state index is 0. The number of benzene rings is 3. The summed E-state index contributed by atoms with van der Waals surface area (Å²) in [7, 11) is 0. The zero-order chi connectivity index (χ0) is 16.2. The molecule has 0 saturated heterocycles. The topological polar surface area (TPSA) is 25.8 Å². The monoisotopic (exact) mass is 410 g/mol. The van der Waals surface area contributed by atoms with Crippen molar-refractivity contribution in [2.45, 2.75) is 0 Å². The summed E-state index contributed by atoms with van der Waals surface area (Å²) >= 11 is 0. The van der Waals surface area contributed by atoms with Crippen LogP contribution in [-0.4, -0.2) is 9.97 Å². The van der Waals surface area contributed by atoms with Crippen LogP contribution in [0, 0.1) is 0 Å². The zero-order valence-electron chi connectivity index (χ0n) is 13.5. The van der Waals surface area contributed by atoms with Crippen LogP contribution in [0.1, 0.15) is 0 Å². The van der Waals surface area contributed by atoms with Crippen molar-refractivity contribution in [3.8, 4) is 33.8 Å². The molecule has 0 aliphatic carbocycles. The van der Waals surface area contributed by atoms with Gasteiger partial charge in [-0.3, -0.25) is 4.98 Å². The van der Waals surface area contributed by atoms with Crippen LogP contribution in [0.4, 0.5) is 0 Å². The van der Waals surface area contributed by atoms with E-state index in [1.54, 1.807) is 0 Å². The molecule has 3 aromatic carbocycles. The molecular weight excluding hydrogens is 393 g/mol. The maximum absolute atomic E-state index is 4.93. The molecule has 0 atom stereocenters. The summed E-state index contributed by atoms with van der Waals surface area (Å²) < 4.78 is 0. The van der Waals surface area contributed by atoms with Gasteiger partial charge >= 0.3 is 19.5 Å². The standard InChI is InChI=1S/C22H16N2.Ru/c1-4-10-17(11-5-1)20-16-23-21(18-12-6-2-7-13-18)22(24-20)19-14-8-3-9-15-19;/h1-16H;/q;+3. The third-order valence-corrected chi connectivity index (χ3v) is 3.94. The Morgan fingerprint density at radius 2 is 0.920 bits per heavy atom. The van der Waals surface area contributed by atoms with E-state index in [2.05, 4.69) is 36.4 Å². The number of aromatic nitrogens is 2. The predicted molar refractivity (Wildman–Crippen MR) is 98.3 cm³/mol. The van der Waals surface area contributed by atoms with Gasteiger partial charge in [-0.2, -0.15) is 0 Å². The molecule has 2 nitrogen and oxygen atoms in total. The molecule has 0 spiro atoms. The molecule has 4 rings (SSSR count). The van der Waals surface area contributed by atoms with Gasteiger partial charge in [0.05, 0.1) is 23.3 Å². The maximum atomic E-state index is 4.93. The predicted octanol–water partition coefficient (Wildman–Crippen LogP) is 5.48. The van der Waals surface area contributed by atoms with Crippen molar-refractivity contribution in [2.75, 3.05) is 0 Å². The summed E-state index contributed by atoms with van der Waals surface area (Å²) in [6.45, 7) is 0. The summed E-state index contributed by atoms with van der Waals surface area (Å²) in [5.74, 6) is 0. The van der Waals surface area contributed by atoms with Crippen molar-refractivity contribution in [3.05, 3.63) is 97.2 Å². The van der Waals surface area contributed by atoms with Crippen molar-refractivity contribution in [1.29, 1.82) is 0 Å². The first-order chi connectivity index (χ1) is 11.9. The molecule has 0 unspecified atom stereocenters. The number of rotatable bonds is 3. The largest absolute Gasteiger partial charge is 3.00 e. The molecule has 119 valence electrons. The molecule has 0 aliphatic rings. The maximum Gasteiger partial charge on any atom is 3.00 e. The molecular formula is C22H16N2Ru+3. The molecule has 0 bridgehead atoms. The van der Waals surface area contributed by atoms with Crippen molar-refractivity contribution in [1.82, 2.24) is 9.97 Å². The first-order valence-corrected chi connectivity index (χ1v) is 7.95. The van der Waals surface area contributed by atoms with Crippen LogP contribution in [0.3, 0.4) is 0 Å². The minimum atomic E-state index is 0. The average Bonchev–Trinajstić information content (AvgIpc) is 2.69. The second kappa shape index (κ2) is 7.96. The summed E-state index contributed by atoms with van der Waals surface area (Å²) in [5, 5.41) is 0. The van der Waals surface area contributed by atoms with E-state index < -0.39 is 0 Å².